The topological polar surface area (TPSA) is 38.8 Å². The third-order valence-corrected chi connectivity index (χ3v) is 3.73. The molecule has 2 rings (SSSR count). The van der Waals surface area contributed by atoms with Crippen LogP contribution in [0.1, 0.15) is 12.8 Å². The standard InChI is InChI=1S/C16H18F5NO3/c17-11-2-1-3-13(8-11)25-12-4-6-22(7-5-12)14(23)9-24-10-16(20,21)15(18)19/h1-3,8,12,15H,4-7,9-10H2. The zero-order valence-electron chi connectivity index (χ0n) is 13.3. The van der Waals surface area contributed by atoms with Gasteiger partial charge in [-0.05, 0) is 12.1 Å². The highest BCUT2D eigenvalue weighted by Gasteiger charge is 2.41. The predicted octanol–water partition coefficient (Wildman–Crippen LogP) is 3.11. The summed E-state index contributed by atoms with van der Waals surface area (Å²) in [4.78, 5) is 13.2. The predicted molar refractivity (Wildman–Crippen MR) is 78.4 cm³/mol. The zero-order chi connectivity index (χ0) is 18.4. The maximum atomic E-state index is 13.1. The molecule has 25 heavy (non-hydrogen) atoms. The first kappa shape index (κ1) is 19.4. The Morgan fingerprint density at radius 2 is 1.96 bits per heavy atom. The van der Waals surface area contributed by atoms with Crippen molar-refractivity contribution in [2.24, 2.45) is 0 Å². The Bertz CT molecular complexity index is 577. The van der Waals surface area contributed by atoms with Gasteiger partial charge in [0.2, 0.25) is 5.91 Å². The summed E-state index contributed by atoms with van der Waals surface area (Å²) >= 11 is 0. The number of ether oxygens (including phenoxy) is 2. The van der Waals surface area contributed by atoms with Crippen molar-refractivity contribution in [2.45, 2.75) is 31.3 Å². The first-order chi connectivity index (χ1) is 11.8. The molecule has 1 amide bonds. The molecule has 0 bridgehead atoms. The molecule has 1 heterocycles. The van der Waals surface area contributed by atoms with E-state index in [1.165, 1.54) is 23.1 Å². The lowest BCUT2D eigenvalue weighted by Crippen LogP contribution is -2.44. The van der Waals surface area contributed by atoms with Gasteiger partial charge in [0.1, 0.15) is 30.9 Å². The number of piperidine rings is 1. The molecular formula is C16H18F5NO3. The van der Waals surface area contributed by atoms with Crippen LogP contribution in [-0.2, 0) is 9.53 Å². The van der Waals surface area contributed by atoms with Crippen LogP contribution in [0.2, 0.25) is 0 Å². The molecule has 0 N–H and O–H groups in total. The van der Waals surface area contributed by atoms with Gasteiger partial charge in [0.25, 0.3) is 0 Å². The Kier molecular flexibility index (Phi) is 6.57. The number of carbonyl (C=O) groups excluding carboxylic acids is 1. The maximum Gasteiger partial charge on any atom is 0.330 e. The van der Waals surface area contributed by atoms with Crippen LogP contribution < -0.4 is 4.74 Å². The van der Waals surface area contributed by atoms with E-state index in [1.807, 2.05) is 0 Å². The van der Waals surface area contributed by atoms with Gasteiger partial charge in [-0.2, -0.15) is 8.78 Å². The molecule has 0 radical (unpaired) electrons. The molecule has 1 aromatic rings. The smallest absolute Gasteiger partial charge is 0.330 e. The van der Waals surface area contributed by atoms with Crippen LogP contribution in [0, 0.1) is 5.82 Å². The zero-order valence-corrected chi connectivity index (χ0v) is 13.3. The summed E-state index contributed by atoms with van der Waals surface area (Å²) < 4.78 is 72.5. The SMILES string of the molecule is O=C(COCC(F)(F)C(F)F)N1CCC(Oc2cccc(F)c2)CC1. The lowest BCUT2D eigenvalue weighted by Gasteiger charge is -2.32. The molecule has 140 valence electrons. The number of hydrogen-bond acceptors (Lipinski definition) is 3. The van der Waals surface area contributed by atoms with Crippen LogP contribution >= 0.6 is 0 Å². The van der Waals surface area contributed by atoms with E-state index in [-0.39, 0.29) is 6.10 Å². The number of nitrogens with zero attached hydrogens (tertiary/aromatic N) is 1. The average Bonchev–Trinajstić information content (AvgIpc) is 2.55. The molecule has 0 spiro atoms. The van der Waals surface area contributed by atoms with E-state index < -0.39 is 37.3 Å². The second kappa shape index (κ2) is 8.46. The van der Waals surface area contributed by atoms with Gasteiger partial charge in [0.15, 0.2) is 0 Å². The summed E-state index contributed by atoms with van der Waals surface area (Å²) in [6, 6.07) is 5.70. The lowest BCUT2D eigenvalue weighted by atomic mass is 10.1. The Labute approximate surface area is 141 Å². The lowest BCUT2D eigenvalue weighted by molar-refractivity contribution is -0.171. The minimum atomic E-state index is -4.27. The molecule has 0 saturated carbocycles. The van der Waals surface area contributed by atoms with Crippen LogP contribution in [0.5, 0.6) is 5.75 Å². The summed E-state index contributed by atoms with van der Waals surface area (Å²) in [5.74, 6) is -4.84. The van der Waals surface area contributed by atoms with Crippen molar-refractivity contribution < 1.29 is 36.2 Å². The molecule has 0 atom stereocenters. The monoisotopic (exact) mass is 367 g/mol. The molecule has 9 heteroatoms. The number of rotatable bonds is 7. The van der Waals surface area contributed by atoms with Crippen molar-refractivity contribution in [1.82, 2.24) is 4.90 Å². The highest BCUT2D eigenvalue weighted by Crippen LogP contribution is 2.23. The van der Waals surface area contributed by atoms with Gasteiger partial charge < -0.3 is 14.4 Å². The molecule has 0 aromatic heterocycles. The number of amides is 1. The quantitative estimate of drug-likeness (QED) is 0.695. The van der Waals surface area contributed by atoms with Crippen molar-refractivity contribution in [3.8, 4) is 5.75 Å². The second-order valence-electron chi connectivity index (χ2n) is 5.71. The van der Waals surface area contributed by atoms with Gasteiger partial charge >= 0.3 is 12.3 Å². The molecular weight excluding hydrogens is 349 g/mol. The third kappa shape index (κ3) is 5.84. The summed E-state index contributed by atoms with van der Waals surface area (Å²) in [5.41, 5.74) is 0. The molecule has 1 fully saturated rings. The Hall–Kier alpha value is -1.90. The van der Waals surface area contributed by atoms with E-state index in [1.54, 1.807) is 6.07 Å². The number of benzene rings is 1. The van der Waals surface area contributed by atoms with Gasteiger partial charge in [-0.15, -0.1) is 0 Å². The van der Waals surface area contributed by atoms with E-state index in [2.05, 4.69) is 4.74 Å². The van der Waals surface area contributed by atoms with E-state index in [0.717, 1.165) is 0 Å². The molecule has 0 unspecified atom stereocenters. The maximum absolute atomic E-state index is 13.1. The fraction of sp³-hybridized carbons (Fsp3) is 0.562. The molecule has 4 nitrogen and oxygen atoms in total. The van der Waals surface area contributed by atoms with E-state index in [4.69, 9.17) is 4.74 Å². The summed E-state index contributed by atoms with van der Waals surface area (Å²) in [7, 11) is 0. The van der Waals surface area contributed by atoms with Crippen LogP contribution in [0.4, 0.5) is 22.0 Å². The average molecular weight is 367 g/mol. The minimum absolute atomic E-state index is 0.199. The van der Waals surface area contributed by atoms with E-state index in [9.17, 15) is 26.7 Å². The van der Waals surface area contributed by atoms with Gasteiger partial charge in [-0.3, -0.25) is 4.79 Å². The number of likely N-dealkylation sites (tertiary alicyclic amines) is 1. The van der Waals surface area contributed by atoms with Gasteiger partial charge in [-0.25, -0.2) is 13.2 Å². The first-order valence-corrected chi connectivity index (χ1v) is 7.71. The molecule has 1 aliphatic rings. The van der Waals surface area contributed by atoms with Gasteiger partial charge in [0.05, 0.1) is 0 Å². The molecule has 1 aliphatic heterocycles. The summed E-state index contributed by atoms with van der Waals surface area (Å²) in [6.07, 6.45) is -3.07. The molecule has 1 aromatic carbocycles. The molecule has 1 saturated heterocycles. The van der Waals surface area contributed by atoms with E-state index in [0.29, 0.717) is 31.7 Å². The highest BCUT2D eigenvalue weighted by atomic mass is 19.3. The van der Waals surface area contributed by atoms with E-state index >= 15 is 0 Å². The second-order valence-corrected chi connectivity index (χ2v) is 5.71. The number of alkyl halides is 4. The van der Waals surface area contributed by atoms with Crippen LogP contribution in [0.25, 0.3) is 0 Å². The van der Waals surface area contributed by atoms with Crippen molar-refractivity contribution in [3.05, 3.63) is 30.1 Å². The Balaban J connectivity index is 1.71. The summed E-state index contributed by atoms with van der Waals surface area (Å²) in [5, 5.41) is 0. The van der Waals surface area contributed by atoms with Crippen molar-refractivity contribution in [2.75, 3.05) is 26.3 Å². The number of halogens is 5. The minimum Gasteiger partial charge on any atom is -0.490 e. The van der Waals surface area contributed by atoms with Crippen LogP contribution in [0.3, 0.4) is 0 Å². The third-order valence-electron chi connectivity index (χ3n) is 3.73. The van der Waals surface area contributed by atoms with Gasteiger partial charge in [-0.1, -0.05) is 6.07 Å². The van der Waals surface area contributed by atoms with Crippen molar-refractivity contribution in [3.63, 3.8) is 0 Å². The fourth-order valence-corrected chi connectivity index (χ4v) is 2.38. The van der Waals surface area contributed by atoms with Crippen LogP contribution in [0.15, 0.2) is 24.3 Å². The Morgan fingerprint density at radius 3 is 2.56 bits per heavy atom. The van der Waals surface area contributed by atoms with Crippen molar-refractivity contribution in [1.29, 1.82) is 0 Å². The van der Waals surface area contributed by atoms with Crippen molar-refractivity contribution >= 4 is 5.91 Å². The largest absolute Gasteiger partial charge is 0.490 e. The highest BCUT2D eigenvalue weighted by molar-refractivity contribution is 5.77. The fourth-order valence-electron chi connectivity index (χ4n) is 2.38. The van der Waals surface area contributed by atoms with Gasteiger partial charge in [0, 0.05) is 32.0 Å². The Morgan fingerprint density at radius 1 is 1.28 bits per heavy atom. The normalized spacial score (nSPS) is 16.3. The number of hydrogen-bond donors (Lipinski definition) is 0. The first-order valence-electron chi connectivity index (χ1n) is 7.71. The molecule has 0 aliphatic carbocycles. The summed E-state index contributed by atoms with van der Waals surface area (Å²) in [6.45, 7) is -1.56. The van der Waals surface area contributed by atoms with Crippen LogP contribution in [-0.4, -0.2) is 55.6 Å². The number of carbonyl (C=O) groups is 1.